The minimum absolute atomic E-state index is 0.683. The largest absolute Gasteiger partial charge is 0.382 e. The lowest BCUT2D eigenvalue weighted by atomic mass is 10.4. The van der Waals surface area contributed by atoms with Crippen LogP contribution in [0.4, 0.5) is 0 Å². The van der Waals surface area contributed by atoms with Crippen molar-refractivity contribution in [3.63, 3.8) is 0 Å². The van der Waals surface area contributed by atoms with Crippen LogP contribution in [0, 0.1) is 0 Å². The van der Waals surface area contributed by atoms with Crippen LogP contribution in [0.3, 0.4) is 0 Å². The fourth-order valence-corrected chi connectivity index (χ4v) is 1.84. The van der Waals surface area contributed by atoms with E-state index in [1.165, 1.54) is 4.88 Å². The van der Waals surface area contributed by atoms with Gasteiger partial charge in [-0.25, -0.2) is 0 Å². The summed E-state index contributed by atoms with van der Waals surface area (Å²) in [6.07, 6.45) is 1.05. The number of hydrogen-bond donors (Lipinski definition) is 1. The van der Waals surface area contributed by atoms with Crippen molar-refractivity contribution in [1.29, 1.82) is 0 Å². The van der Waals surface area contributed by atoms with Crippen molar-refractivity contribution in [2.24, 2.45) is 0 Å². The average molecular weight is 229 g/mol. The summed E-state index contributed by atoms with van der Waals surface area (Å²) in [4.78, 5) is 1.38. The molecular weight excluding hydrogens is 210 g/mol. The summed E-state index contributed by atoms with van der Waals surface area (Å²) in [6.45, 7) is 4.16. The molecule has 1 rings (SSSR count). The molecule has 0 bridgehead atoms. The molecule has 3 nitrogen and oxygen atoms in total. The first-order valence-corrected chi connectivity index (χ1v) is 6.11. The monoisotopic (exact) mass is 229 g/mol. The molecule has 1 N–H and O–H groups in total. The third-order valence-corrected chi connectivity index (χ3v) is 2.83. The van der Waals surface area contributed by atoms with E-state index in [0.717, 1.165) is 26.1 Å². The first-order valence-electron chi connectivity index (χ1n) is 5.23. The summed E-state index contributed by atoms with van der Waals surface area (Å²) in [7, 11) is 1.69. The van der Waals surface area contributed by atoms with Crippen LogP contribution in [0.1, 0.15) is 11.3 Å². The molecule has 4 heteroatoms. The second kappa shape index (κ2) is 8.85. The highest BCUT2D eigenvalue weighted by Crippen LogP contribution is 2.06. The van der Waals surface area contributed by atoms with Gasteiger partial charge >= 0.3 is 0 Å². The summed E-state index contributed by atoms with van der Waals surface area (Å²) in [5, 5.41) is 5.48. The molecular formula is C11H19NO2S. The summed E-state index contributed by atoms with van der Waals surface area (Å²) in [5.41, 5.74) is 0. The number of thiophene rings is 1. The predicted molar refractivity (Wildman–Crippen MR) is 63.3 cm³/mol. The zero-order valence-electron chi connectivity index (χ0n) is 9.20. The van der Waals surface area contributed by atoms with Gasteiger partial charge in [0.2, 0.25) is 0 Å². The summed E-state index contributed by atoms with van der Waals surface area (Å²) in [6, 6.07) is 4.22. The SMILES string of the molecule is COCCOCCCNCc1cccs1. The summed E-state index contributed by atoms with van der Waals surface area (Å²) < 4.78 is 10.2. The average Bonchev–Trinajstić information content (AvgIpc) is 2.75. The molecule has 1 aromatic rings. The molecule has 0 saturated carbocycles. The van der Waals surface area contributed by atoms with Gasteiger partial charge in [0.15, 0.2) is 0 Å². The Morgan fingerprint density at radius 2 is 2.27 bits per heavy atom. The second-order valence-electron chi connectivity index (χ2n) is 3.21. The molecule has 0 aliphatic heterocycles. The van der Waals surface area contributed by atoms with Gasteiger partial charge in [-0.3, -0.25) is 0 Å². The van der Waals surface area contributed by atoms with E-state index in [9.17, 15) is 0 Å². The van der Waals surface area contributed by atoms with E-state index in [2.05, 4.69) is 22.8 Å². The molecule has 0 unspecified atom stereocenters. The molecule has 0 saturated heterocycles. The minimum Gasteiger partial charge on any atom is -0.382 e. The topological polar surface area (TPSA) is 30.5 Å². The fraction of sp³-hybridized carbons (Fsp3) is 0.636. The van der Waals surface area contributed by atoms with Crippen LogP contribution >= 0.6 is 11.3 Å². The lowest BCUT2D eigenvalue weighted by Gasteiger charge is -2.04. The van der Waals surface area contributed by atoms with Crippen LogP contribution < -0.4 is 5.32 Å². The van der Waals surface area contributed by atoms with Gasteiger partial charge in [0.05, 0.1) is 13.2 Å². The quantitative estimate of drug-likeness (QED) is 0.656. The standard InChI is InChI=1S/C11H19NO2S/c1-13-7-8-14-6-3-5-12-10-11-4-2-9-15-11/h2,4,9,12H,3,5-8,10H2,1H3. The fourth-order valence-electron chi connectivity index (χ4n) is 1.17. The van der Waals surface area contributed by atoms with Crippen molar-refractivity contribution in [2.75, 3.05) is 33.5 Å². The first-order chi connectivity index (χ1) is 7.43. The van der Waals surface area contributed by atoms with Crippen LogP contribution in [-0.4, -0.2) is 33.5 Å². The van der Waals surface area contributed by atoms with E-state index < -0.39 is 0 Å². The van der Waals surface area contributed by atoms with E-state index in [1.54, 1.807) is 18.4 Å². The second-order valence-corrected chi connectivity index (χ2v) is 4.25. The van der Waals surface area contributed by atoms with Gasteiger partial charge in [-0.05, 0) is 24.4 Å². The van der Waals surface area contributed by atoms with E-state index in [4.69, 9.17) is 9.47 Å². The van der Waals surface area contributed by atoms with Crippen molar-refractivity contribution in [3.8, 4) is 0 Å². The summed E-state index contributed by atoms with van der Waals surface area (Å²) in [5.74, 6) is 0. The van der Waals surface area contributed by atoms with Crippen molar-refractivity contribution >= 4 is 11.3 Å². The Morgan fingerprint density at radius 1 is 1.33 bits per heavy atom. The molecule has 0 aliphatic rings. The van der Waals surface area contributed by atoms with Crippen LogP contribution in [0.15, 0.2) is 17.5 Å². The van der Waals surface area contributed by atoms with Gasteiger partial charge in [-0.15, -0.1) is 11.3 Å². The number of rotatable bonds is 9. The third kappa shape index (κ3) is 6.62. The maximum absolute atomic E-state index is 5.35. The molecule has 0 spiro atoms. The Hall–Kier alpha value is -0.420. The van der Waals surface area contributed by atoms with Crippen molar-refractivity contribution in [2.45, 2.75) is 13.0 Å². The molecule has 0 aliphatic carbocycles. The summed E-state index contributed by atoms with van der Waals surface area (Å²) >= 11 is 1.79. The molecule has 0 radical (unpaired) electrons. The van der Waals surface area contributed by atoms with Gasteiger partial charge in [0.25, 0.3) is 0 Å². The molecule has 1 aromatic heterocycles. The highest BCUT2D eigenvalue weighted by molar-refractivity contribution is 7.09. The Morgan fingerprint density at radius 3 is 3.00 bits per heavy atom. The third-order valence-electron chi connectivity index (χ3n) is 1.95. The Bertz CT molecular complexity index is 227. The van der Waals surface area contributed by atoms with Crippen molar-refractivity contribution < 1.29 is 9.47 Å². The van der Waals surface area contributed by atoms with Crippen molar-refractivity contribution in [3.05, 3.63) is 22.4 Å². The molecule has 1 heterocycles. The maximum atomic E-state index is 5.35. The van der Waals surface area contributed by atoms with Gasteiger partial charge in [-0.1, -0.05) is 6.07 Å². The first kappa shape index (κ1) is 12.6. The molecule has 0 atom stereocenters. The van der Waals surface area contributed by atoms with E-state index >= 15 is 0 Å². The highest BCUT2D eigenvalue weighted by atomic mass is 32.1. The smallest absolute Gasteiger partial charge is 0.0700 e. The number of hydrogen-bond acceptors (Lipinski definition) is 4. The minimum atomic E-state index is 0.683. The predicted octanol–water partition coefficient (Wildman–Crippen LogP) is 1.89. The number of nitrogens with one attached hydrogen (secondary N) is 1. The Kier molecular flexibility index (Phi) is 7.47. The van der Waals surface area contributed by atoms with Crippen LogP contribution in [-0.2, 0) is 16.0 Å². The molecule has 0 aromatic carbocycles. The molecule has 15 heavy (non-hydrogen) atoms. The van der Waals surface area contributed by atoms with E-state index in [0.29, 0.717) is 13.2 Å². The molecule has 0 fully saturated rings. The van der Waals surface area contributed by atoms with Crippen molar-refractivity contribution in [1.82, 2.24) is 5.32 Å². The molecule has 86 valence electrons. The normalized spacial score (nSPS) is 10.7. The van der Waals surface area contributed by atoms with Crippen LogP contribution in [0.5, 0.6) is 0 Å². The zero-order valence-corrected chi connectivity index (χ0v) is 10.0. The van der Waals surface area contributed by atoms with Gasteiger partial charge < -0.3 is 14.8 Å². The van der Waals surface area contributed by atoms with Crippen LogP contribution in [0.2, 0.25) is 0 Å². The Labute approximate surface area is 95.4 Å². The van der Waals surface area contributed by atoms with Gasteiger partial charge in [-0.2, -0.15) is 0 Å². The van der Waals surface area contributed by atoms with Gasteiger partial charge in [0, 0.05) is 25.1 Å². The number of methoxy groups -OCH3 is 1. The van der Waals surface area contributed by atoms with Gasteiger partial charge in [0.1, 0.15) is 0 Å². The van der Waals surface area contributed by atoms with Crippen LogP contribution in [0.25, 0.3) is 0 Å². The van der Waals surface area contributed by atoms with E-state index in [-0.39, 0.29) is 0 Å². The lowest BCUT2D eigenvalue weighted by Crippen LogP contribution is -2.16. The Balaban J connectivity index is 1.81. The van der Waals surface area contributed by atoms with E-state index in [1.807, 2.05) is 0 Å². The maximum Gasteiger partial charge on any atom is 0.0700 e. The highest BCUT2D eigenvalue weighted by Gasteiger charge is 1.92. The molecule has 0 amide bonds. The number of ether oxygens (including phenoxy) is 2. The zero-order chi connectivity index (χ0) is 10.8. The lowest BCUT2D eigenvalue weighted by molar-refractivity contribution is 0.0695.